The highest BCUT2D eigenvalue weighted by molar-refractivity contribution is 5.92. The molecule has 0 unspecified atom stereocenters. The Morgan fingerprint density at radius 3 is 2.50 bits per heavy atom. The molecule has 0 amide bonds. The van der Waals surface area contributed by atoms with Crippen molar-refractivity contribution in [3.8, 4) is 5.75 Å². The molecule has 1 aliphatic carbocycles. The summed E-state index contributed by atoms with van der Waals surface area (Å²) < 4.78 is 23.9. The third-order valence-electron chi connectivity index (χ3n) is 4.22. The van der Waals surface area contributed by atoms with Crippen molar-refractivity contribution in [2.24, 2.45) is 5.73 Å². The summed E-state index contributed by atoms with van der Waals surface area (Å²) in [6.45, 7) is 0.444. The maximum atomic E-state index is 14.2. The number of methoxy groups -OCH3 is 2. The van der Waals surface area contributed by atoms with E-state index in [1.165, 1.54) is 20.3 Å². The Hall–Kier alpha value is -1.62. The molecule has 0 aliphatic heterocycles. The van der Waals surface area contributed by atoms with Gasteiger partial charge in [0.15, 0.2) is 11.6 Å². The lowest BCUT2D eigenvalue weighted by Crippen LogP contribution is -2.32. The van der Waals surface area contributed by atoms with Gasteiger partial charge in [-0.1, -0.05) is 12.8 Å². The van der Waals surface area contributed by atoms with Crippen LogP contribution in [0.15, 0.2) is 12.1 Å². The number of benzene rings is 1. The molecule has 0 aromatic heterocycles. The summed E-state index contributed by atoms with van der Waals surface area (Å²) >= 11 is 0. The van der Waals surface area contributed by atoms with Gasteiger partial charge in [-0.2, -0.15) is 0 Å². The highest BCUT2D eigenvalue weighted by Gasteiger charge is 2.36. The Morgan fingerprint density at radius 1 is 1.35 bits per heavy atom. The van der Waals surface area contributed by atoms with Crippen LogP contribution >= 0.6 is 0 Å². The molecule has 0 atom stereocenters. The van der Waals surface area contributed by atoms with Gasteiger partial charge in [0, 0.05) is 12.0 Å². The molecule has 1 aromatic carbocycles. The molecule has 0 heterocycles. The van der Waals surface area contributed by atoms with E-state index >= 15 is 0 Å². The van der Waals surface area contributed by atoms with Gasteiger partial charge in [0.05, 0.1) is 14.2 Å². The average molecular weight is 281 g/mol. The van der Waals surface area contributed by atoms with Gasteiger partial charge in [0.1, 0.15) is 5.56 Å². The highest BCUT2D eigenvalue weighted by Crippen LogP contribution is 2.42. The molecule has 1 aliphatic rings. The number of hydrogen-bond acceptors (Lipinski definition) is 4. The highest BCUT2D eigenvalue weighted by atomic mass is 19.1. The number of esters is 1. The predicted octanol–water partition coefficient (Wildman–Crippen LogP) is 2.39. The van der Waals surface area contributed by atoms with E-state index in [0.717, 1.165) is 31.2 Å². The van der Waals surface area contributed by atoms with Gasteiger partial charge < -0.3 is 15.2 Å². The van der Waals surface area contributed by atoms with Crippen LogP contribution in [-0.4, -0.2) is 26.7 Å². The molecule has 2 N–H and O–H groups in total. The number of hydrogen-bond donors (Lipinski definition) is 1. The standard InChI is InChI=1S/C15H20FNO3/c1-19-13-11(14(18)20-2)7-10(8-12(13)16)15(9-17)5-3-4-6-15/h7-8H,3-6,9,17H2,1-2H3. The molecule has 0 saturated heterocycles. The van der Waals surface area contributed by atoms with Crippen LogP contribution in [0.25, 0.3) is 0 Å². The molecule has 20 heavy (non-hydrogen) atoms. The van der Waals surface area contributed by atoms with E-state index in [2.05, 4.69) is 0 Å². The Labute approximate surface area is 118 Å². The van der Waals surface area contributed by atoms with E-state index in [4.69, 9.17) is 15.2 Å². The Bertz CT molecular complexity index is 510. The van der Waals surface area contributed by atoms with Crippen molar-refractivity contribution in [1.82, 2.24) is 0 Å². The van der Waals surface area contributed by atoms with Crippen LogP contribution < -0.4 is 10.5 Å². The lowest BCUT2D eigenvalue weighted by Gasteiger charge is -2.28. The van der Waals surface area contributed by atoms with Crippen LogP contribution in [-0.2, 0) is 10.2 Å². The smallest absolute Gasteiger partial charge is 0.341 e. The molecule has 110 valence electrons. The zero-order valence-electron chi connectivity index (χ0n) is 11.9. The van der Waals surface area contributed by atoms with Gasteiger partial charge in [-0.3, -0.25) is 0 Å². The number of halogens is 1. The first kappa shape index (κ1) is 14.8. The molecule has 5 heteroatoms. The van der Waals surface area contributed by atoms with Gasteiger partial charge in [-0.15, -0.1) is 0 Å². The molecule has 2 rings (SSSR count). The molecule has 1 saturated carbocycles. The number of ether oxygens (including phenoxy) is 2. The Morgan fingerprint density at radius 2 is 2.00 bits per heavy atom. The summed E-state index contributed by atoms with van der Waals surface area (Å²) in [7, 11) is 2.60. The minimum atomic E-state index is -0.604. The molecule has 0 spiro atoms. The maximum absolute atomic E-state index is 14.2. The van der Waals surface area contributed by atoms with E-state index in [0.29, 0.717) is 6.54 Å². The van der Waals surface area contributed by atoms with E-state index in [1.807, 2.05) is 0 Å². The van der Waals surface area contributed by atoms with Crippen molar-refractivity contribution < 1.29 is 18.7 Å². The largest absolute Gasteiger partial charge is 0.493 e. The van der Waals surface area contributed by atoms with E-state index in [9.17, 15) is 9.18 Å². The minimum Gasteiger partial charge on any atom is -0.493 e. The van der Waals surface area contributed by atoms with Crippen LogP contribution in [0.4, 0.5) is 4.39 Å². The van der Waals surface area contributed by atoms with Gasteiger partial charge in [-0.25, -0.2) is 9.18 Å². The number of rotatable bonds is 4. The van der Waals surface area contributed by atoms with Gasteiger partial charge in [-0.05, 0) is 30.5 Å². The van der Waals surface area contributed by atoms with Crippen molar-refractivity contribution in [2.75, 3.05) is 20.8 Å². The van der Waals surface area contributed by atoms with Crippen LogP contribution in [0.5, 0.6) is 5.75 Å². The zero-order chi connectivity index (χ0) is 14.8. The minimum absolute atomic E-state index is 0.0780. The molecule has 1 aromatic rings. The second-order valence-electron chi connectivity index (χ2n) is 5.22. The SMILES string of the molecule is COC(=O)c1cc(C2(CN)CCCC2)cc(F)c1OC. The molecule has 0 bridgehead atoms. The van der Waals surface area contributed by atoms with Gasteiger partial charge >= 0.3 is 5.97 Å². The fraction of sp³-hybridized carbons (Fsp3) is 0.533. The first-order valence-electron chi connectivity index (χ1n) is 6.74. The second-order valence-corrected chi connectivity index (χ2v) is 5.22. The first-order chi connectivity index (χ1) is 9.57. The maximum Gasteiger partial charge on any atom is 0.341 e. The monoisotopic (exact) mass is 281 g/mol. The Kier molecular flexibility index (Phi) is 4.28. The van der Waals surface area contributed by atoms with Gasteiger partial charge in [0.2, 0.25) is 0 Å². The number of carbonyl (C=O) groups excluding carboxylic acids is 1. The van der Waals surface area contributed by atoms with E-state index in [-0.39, 0.29) is 16.7 Å². The first-order valence-corrected chi connectivity index (χ1v) is 6.74. The summed E-state index contributed by atoms with van der Waals surface area (Å²) in [5.74, 6) is -1.23. The van der Waals surface area contributed by atoms with Crippen molar-refractivity contribution in [3.05, 3.63) is 29.1 Å². The zero-order valence-corrected chi connectivity index (χ0v) is 11.9. The second kappa shape index (κ2) is 5.79. The van der Waals surface area contributed by atoms with Crippen LogP contribution in [0, 0.1) is 5.82 Å². The van der Waals surface area contributed by atoms with Crippen molar-refractivity contribution >= 4 is 5.97 Å². The van der Waals surface area contributed by atoms with Crippen LogP contribution in [0.1, 0.15) is 41.6 Å². The average Bonchev–Trinajstić information content (AvgIpc) is 2.95. The third kappa shape index (κ3) is 2.38. The van der Waals surface area contributed by atoms with E-state index in [1.54, 1.807) is 6.07 Å². The summed E-state index contributed by atoms with van der Waals surface area (Å²) in [5.41, 5.74) is 6.55. The molecule has 0 radical (unpaired) electrons. The fourth-order valence-electron chi connectivity index (χ4n) is 3.03. The third-order valence-corrected chi connectivity index (χ3v) is 4.22. The van der Waals surface area contributed by atoms with E-state index < -0.39 is 11.8 Å². The van der Waals surface area contributed by atoms with Crippen molar-refractivity contribution in [2.45, 2.75) is 31.1 Å². The summed E-state index contributed by atoms with van der Waals surface area (Å²) in [5, 5.41) is 0. The summed E-state index contributed by atoms with van der Waals surface area (Å²) in [6, 6.07) is 3.09. The fourth-order valence-corrected chi connectivity index (χ4v) is 3.03. The quantitative estimate of drug-likeness (QED) is 0.861. The predicted molar refractivity (Wildman–Crippen MR) is 73.5 cm³/mol. The molecular formula is C15H20FNO3. The summed E-state index contributed by atoms with van der Waals surface area (Å²) in [6.07, 6.45) is 3.96. The lowest BCUT2D eigenvalue weighted by molar-refractivity contribution is 0.0596. The number of nitrogens with two attached hydrogens (primary N) is 1. The van der Waals surface area contributed by atoms with Crippen molar-refractivity contribution in [3.63, 3.8) is 0 Å². The molecular weight excluding hydrogens is 261 g/mol. The molecule has 4 nitrogen and oxygen atoms in total. The van der Waals surface area contributed by atoms with Gasteiger partial charge in [0.25, 0.3) is 0 Å². The van der Waals surface area contributed by atoms with Crippen LogP contribution in [0.3, 0.4) is 0 Å². The lowest BCUT2D eigenvalue weighted by atomic mass is 9.78. The van der Waals surface area contributed by atoms with Crippen LogP contribution in [0.2, 0.25) is 0 Å². The van der Waals surface area contributed by atoms with Crippen molar-refractivity contribution in [1.29, 1.82) is 0 Å². The normalized spacial score (nSPS) is 17.0. The summed E-state index contributed by atoms with van der Waals surface area (Å²) in [4.78, 5) is 11.8. The topological polar surface area (TPSA) is 61.5 Å². The Balaban J connectivity index is 2.55. The number of carbonyl (C=O) groups is 1. The molecule has 1 fully saturated rings.